The molecule has 5 nitrogen and oxygen atoms in total. The smallest absolute Gasteiger partial charge is 0.255 e. The van der Waals surface area contributed by atoms with Gasteiger partial charge in [0.15, 0.2) is 0 Å². The summed E-state index contributed by atoms with van der Waals surface area (Å²) in [5, 5.41) is 3.63. The van der Waals surface area contributed by atoms with Crippen LogP contribution >= 0.6 is 23.2 Å². The highest BCUT2D eigenvalue weighted by Gasteiger charge is 2.18. The molecule has 1 N–H and O–H groups in total. The second-order valence-electron chi connectivity index (χ2n) is 5.06. The molecule has 1 atom stereocenters. The van der Waals surface area contributed by atoms with Gasteiger partial charge in [0.25, 0.3) is 5.91 Å². The zero-order valence-corrected chi connectivity index (χ0v) is 13.6. The van der Waals surface area contributed by atoms with Gasteiger partial charge in [0.1, 0.15) is 6.10 Å². The summed E-state index contributed by atoms with van der Waals surface area (Å²) in [6, 6.07) is 8.07. The number of halogens is 2. The Morgan fingerprint density at radius 1 is 1.30 bits per heavy atom. The lowest BCUT2D eigenvalue weighted by atomic mass is 10.2. The Kier molecular flexibility index (Phi) is 5.00. The molecule has 1 aliphatic heterocycles. The molecule has 120 valence electrons. The van der Waals surface area contributed by atoms with Crippen LogP contribution in [0, 0.1) is 0 Å². The highest BCUT2D eigenvalue weighted by molar-refractivity contribution is 6.35. The molecule has 1 amide bonds. The number of aromatic nitrogens is 1. The number of ether oxygens (including phenoxy) is 2. The number of hydrogen-bond donors (Lipinski definition) is 1. The Morgan fingerprint density at radius 2 is 2.17 bits per heavy atom. The lowest BCUT2D eigenvalue weighted by molar-refractivity contribution is 0.102. The molecule has 1 aromatic carbocycles. The van der Waals surface area contributed by atoms with Gasteiger partial charge in [0.2, 0.25) is 5.88 Å². The van der Waals surface area contributed by atoms with Gasteiger partial charge in [0, 0.05) is 29.3 Å². The fourth-order valence-corrected chi connectivity index (χ4v) is 2.52. The first kappa shape index (κ1) is 16.1. The predicted octanol–water partition coefficient (Wildman–Crippen LogP) is 3.81. The van der Waals surface area contributed by atoms with Crippen LogP contribution in [0.3, 0.4) is 0 Å². The number of hydrogen-bond acceptors (Lipinski definition) is 4. The molecule has 1 saturated heterocycles. The third kappa shape index (κ3) is 4.13. The number of nitrogens with zero attached hydrogens (tertiary/aromatic N) is 1. The minimum atomic E-state index is -0.316. The van der Waals surface area contributed by atoms with Crippen molar-refractivity contribution in [1.82, 2.24) is 4.98 Å². The quantitative estimate of drug-likeness (QED) is 0.908. The van der Waals surface area contributed by atoms with E-state index in [0.717, 1.165) is 6.42 Å². The molecule has 3 rings (SSSR count). The molecule has 0 bridgehead atoms. The van der Waals surface area contributed by atoms with Crippen molar-refractivity contribution in [2.24, 2.45) is 0 Å². The lowest BCUT2D eigenvalue weighted by Gasteiger charge is -2.12. The summed E-state index contributed by atoms with van der Waals surface area (Å²) >= 11 is 12.0. The van der Waals surface area contributed by atoms with Gasteiger partial charge in [0.05, 0.1) is 23.9 Å². The molecule has 1 aliphatic rings. The maximum Gasteiger partial charge on any atom is 0.255 e. The minimum Gasteiger partial charge on any atom is -0.472 e. The SMILES string of the molecule is O=C(Nc1cc(Cl)ccc1Cl)c1ccnc(OC2CCOC2)c1. The van der Waals surface area contributed by atoms with E-state index >= 15 is 0 Å². The van der Waals surface area contributed by atoms with Crippen LogP contribution in [0.25, 0.3) is 0 Å². The number of amides is 1. The van der Waals surface area contributed by atoms with E-state index in [1.807, 2.05) is 0 Å². The van der Waals surface area contributed by atoms with Crippen molar-refractivity contribution >= 4 is 34.8 Å². The molecule has 1 fully saturated rings. The van der Waals surface area contributed by atoms with Crippen molar-refractivity contribution < 1.29 is 14.3 Å². The monoisotopic (exact) mass is 352 g/mol. The van der Waals surface area contributed by atoms with Crippen LogP contribution in [-0.4, -0.2) is 30.2 Å². The second-order valence-corrected chi connectivity index (χ2v) is 5.91. The standard InChI is InChI=1S/C16H14Cl2N2O3/c17-11-1-2-13(18)14(8-11)20-16(21)10-3-5-19-15(7-10)23-12-4-6-22-9-12/h1-3,5,7-8,12H,4,6,9H2,(H,20,21). The van der Waals surface area contributed by atoms with Crippen LogP contribution in [-0.2, 0) is 4.74 Å². The fraction of sp³-hybridized carbons (Fsp3) is 0.250. The zero-order valence-electron chi connectivity index (χ0n) is 12.1. The summed E-state index contributed by atoms with van der Waals surface area (Å²) in [6.45, 7) is 1.22. The van der Waals surface area contributed by atoms with E-state index in [0.29, 0.717) is 40.4 Å². The van der Waals surface area contributed by atoms with E-state index < -0.39 is 0 Å². The first-order valence-corrected chi connectivity index (χ1v) is 7.84. The Balaban J connectivity index is 1.72. The number of rotatable bonds is 4. The molecular weight excluding hydrogens is 339 g/mol. The first-order valence-electron chi connectivity index (χ1n) is 7.08. The summed E-state index contributed by atoms with van der Waals surface area (Å²) in [5.41, 5.74) is 0.873. The van der Waals surface area contributed by atoms with E-state index in [2.05, 4.69) is 10.3 Å². The lowest BCUT2D eigenvalue weighted by Crippen LogP contribution is -2.17. The molecule has 1 unspecified atom stereocenters. The molecular formula is C16H14Cl2N2O3. The van der Waals surface area contributed by atoms with E-state index in [1.165, 1.54) is 6.20 Å². The molecule has 2 aromatic rings. The average molecular weight is 353 g/mol. The second kappa shape index (κ2) is 7.17. The zero-order chi connectivity index (χ0) is 16.2. The van der Waals surface area contributed by atoms with Crippen LogP contribution in [0.15, 0.2) is 36.5 Å². The molecule has 1 aromatic heterocycles. The van der Waals surface area contributed by atoms with Gasteiger partial charge in [-0.15, -0.1) is 0 Å². The Labute approximate surface area is 143 Å². The maximum atomic E-state index is 12.3. The number of pyridine rings is 1. The first-order chi connectivity index (χ1) is 11.1. The van der Waals surface area contributed by atoms with Crippen molar-refractivity contribution in [3.63, 3.8) is 0 Å². The number of nitrogens with one attached hydrogen (secondary N) is 1. The number of carbonyl (C=O) groups excluding carboxylic acids is 1. The highest BCUT2D eigenvalue weighted by atomic mass is 35.5. The van der Waals surface area contributed by atoms with Gasteiger partial charge in [-0.1, -0.05) is 23.2 Å². The predicted molar refractivity (Wildman–Crippen MR) is 88.5 cm³/mol. The largest absolute Gasteiger partial charge is 0.472 e. The van der Waals surface area contributed by atoms with Crippen molar-refractivity contribution in [2.45, 2.75) is 12.5 Å². The van der Waals surface area contributed by atoms with E-state index in [9.17, 15) is 4.79 Å². The van der Waals surface area contributed by atoms with Crippen LogP contribution < -0.4 is 10.1 Å². The van der Waals surface area contributed by atoms with Gasteiger partial charge in [-0.2, -0.15) is 0 Å². The summed E-state index contributed by atoms with van der Waals surface area (Å²) in [5.74, 6) is 0.0782. The van der Waals surface area contributed by atoms with Crippen molar-refractivity contribution in [3.05, 3.63) is 52.1 Å². The number of benzene rings is 1. The molecule has 2 heterocycles. The van der Waals surface area contributed by atoms with Crippen LogP contribution in [0.5, 0.6) is 5.88 Å². The van der Waals surface area contributed by atoms with Gasteiger partial charge >= 0.3 is 0 Å². The molecule has 23 heavy (non-hydrogen) atoms. The normalized spacial score (nSPS) is 17.0. The van der Waals surface area contributed by atoms with Gasteiger partial charge in [-0.3, -0.25) is 4.79 Å². The average Bonchev–Trinajstić information content (AvgIpc) is 3.04. The third-order valence-electron chi connectivity index (χ3n) is 3.35. The summed E-state index contributed by atoms with van der Waals surface area (Å²) in [7, 11) is 0. The van der Waals surface area contributed by atoms with E-state index in [4.69, 9.17) is 32.7 Å². The van der Waals surface area contributed by atoms with Crippen molar-refractivity contribution in [1.29, 1.82) is 0 Å². The van der Waals surface area contributed by atoms with Gasteiger partial charge in [-0.25, -0.2) is 4.98 Å². The van der Waals surface area contributed by atoms with Gasteiger partial charge in [-0.05, 0) is 24.3 Å². The Morgan fingerprint density at radius 3 is 2.96 bits per heavy atom. The Bertz CT molecular complexity index is 718. The van der Waals surface area contributed by atoms with Crippen LogP contribution in [0.2, 0.25) is 10.0 Å². The highest BCUT2D eigenvalue weighted by Crippen LogP contribution is 2.26. The summed E-state index contributed by atoms with van der Waals surface area (Å²) in [4.78, 5) is 16.5. The topological polar surface area (TPSA) is 60.5 Å². The maximum absolute atomic E-state index is 12.3. The summed E-state index contributed by atoms with van der Waals surface area (Å²) < 4.78 is 10.9. The van der Waals surface area contributed by atoms with E-state index in [-0.39, 0.29) is 12.0 Å². The van der Waals surface area contributed by atoms with Crippen LogP contribution in [0.1, 0.15) is 16.8 Å². The molecule has 7 heteroatoms. The number of carbonyl (C=O) groups is 1. The van der Waals surface area contributed by atoms with Crippen molar-refractivity contribution in [3.8, 4) is 5.88 Å². The minimum absolute atomic E-state index is 0.0248. The molecule has 0 radical (unpaired) electrons. The fourth-order valence-electron chi connectivity index (χ4n) is 2.18. The third-order valence-corrected chi connectivity index (χ3v) is 3.91. The summed E-state index contributed by atoms with van der Waals surface area (Å²) in [6.07, 6.45) is 2.32. The molecule has 0 saturated carbocycles. The number of anilines is 1. The molecule has 0 spiro atoms. The Hall–Kier alpha value is -1.82. The van der Waals surface area contributed by atoms with Crippen LogP contribution in [0.4, 0.5) is 5.69 Å². The van der Waals surface area contributed by atoms with Crippen molar-refractivity contribution in [2.75, 3.05) is 18.5 Å². The van der Waals surface area contributed by atoms with E-state index in [1.54, 1.807) is 30.3 Å². The van der Waals surface area contributed by atoms with Gasteiger partial charge < -0.3 is 14.8 Å². The molecule has 0 aliphatic carbocycles.